The summed E-state index contributed by atoms with van der Waals surface area (Å²) in [5, 5.41) is 15.2. The van der Waals surface area contributed by atoms with Crippen molar-refractivity contribution in [2.24, 2.45) is 5.92 Å². The molecular weight excluding hydrogens is 156 g/mol. The summed E-state index contributed by atoms with van der Waals surface area (Å²) in [5.74, 6) is -0.948. The van der Waals surface area contributed by atoms with E-state index >= 15 is 0 Å². The van der Waals surface area contributed by atoms with Gasteiger partial charge in [-0.15, -0.1) is 0 Å². The molecule has 0 aliphatic carbocycles. The lowest BCUT2D eigenvalue weighted by Gasteiger charge is -2.28. The number of carboxylic acids is 1. The minimum Gasteiger partial charge on any atom is -0.481 e. The monoisotopic (exact) mass is 172 g/mol. The van der Waals surface area contributed by atoms with Gasteiger partial charge in [-0.3, -0.25) is 4.79 Å². The zero-order chi connectivity index (χ0) is 8.97. The highest BCUT2D eigenvalue weighted by molar-refractivity contribution is 5.70. The fraction of sp³-hybridized carbons (Fsp3) is 0.875. The number of carboxylic acid groups (broad SMARTS) is 1. The van der Waals surface area contributed by atoms with Gasteiger partial charge in [0.05, 0.1) is 5.92 Å². The van der Waals surface area contributed by atoms with E-state index in [1.165, 1.54) is 0 Å². The van der Waals surface area contributed by atoms with Crippen molar-refractivity contribution >= 4 is 5.97 Å². The number of nitrogens with one attached hydrogen (secondary N) is 2. The number of rotatable bonds is 3. The van der Waals surface area contributed by atoms with Gasteiger partial charge in [0, 0.05) is 25.7 Å². The Kier molecular flexibility index (Phi) is 3.49. The molecule has 0 amide bonds. The number of carbonyl (C=O) groups is 1. The third kappa shape index (κ3) is 2.19. The summed E-state index contributed by atoms with van der Waals surface area (Å²) in [5.41, 5.74) is 0. The molecular formula is C8H16N2O2. The Balaban J connectivity index is 2.46. The lowest BCUT2D eigenvalue weighted by Crippen LogP contribution is -2.53. The fourth-order valence-corrected chi connectivity index (χ4v) is 1.59. The lowest BCUT2D eigenvalue weighted by atomic mass is 9.96. The first-order valence-electron chi connectivity index (χ1n) is 4.42. The first kappa shape index (κ1) is 9.48. The standard InChI is InChI=1S/C8H16N2O2/c1-2-6(8(11)12)7-5-9-3-4-10-7/h6-7,9-10H,2-5H2,1H3,(H,11,12). The Morgan fingerprint density at radius 3 is 2.83 bits per heavy atom. The summed E-state index contributed by atoms with van der Waals surface area (Å²) >= 11 is 0. The second-order valence-electron chi connectivity index (χ2n) is 3.12. The quantitative estimate of drug-likeness (QED) is 0.545. The Morgan fingerprint density at radius 2 is 2.42 bits per heavy atom. The molecule has 4 heteroatoms. The molecule has 12 heavy (non-hydrogen) atoms. The number of aliphatic carboxylic acids is 1. The Bertz CT molecular complexity index is 155. The SMILES string of the molecule is CCC(C(=O)O)C1CNCCN1. The molecule has 1 fully saturated rings. The topological polar surface area (TPSA) is 61.4 Å². The minimum absolute atomic E-state index is 0.0984. The molecule has 0 saturated carbocycles. The summed E-state index contributed by atoms with van der Waals surface area (Å²) in [6.45, 7) is 4.49. The average Bonchev–Trinajstić information content (AvgIpc) is 2.07. The summed E-state index contributed by atoms with van der Waals surface area (Å²) in [4.78, 5) is 10.8. The van der Waals surface area contributed by atoms with Gasteiger partial charge in [0.15, 0.2) is 0 Å². The zero-order valence-corrected chi connectivity index (χ0v) is 7.34. The smallest absolute Gasteiger partial charge is 0.308 e. The predicted octanol–water partition coefficient (Wildman–Crippen LogP) is -0.341. The number of hydrogen-bond donors (Lipinski definition) is 3. The van der Waals surface area contributed by atoms with Gasteiger partial charge >= 0.3 is 5.97 Å². The van der Waals surface area contributed by atoms with Gasteiger partial charge in [0.1, 0.15) is 0 Å². The highest BCUT2D eigenvalue weighted by Gasteiger charge is 2.26. The maximum Gasteiger partial charge on any atom is 0.308 e. The molecule has 2 atom stereocenters. The second-order valence-corrected chi connectivity index (χ2v) is 3.12. The molecule has 0 radical (unpaired) electrons. The third-order valence-electron chi connectivity index (χ3n) is 2.32. The van der Waals surface area contributed by atoms with Crippen molar-refractivity contribution < 1.29 is 9.90 Å². The second kappa shape index (κ2) is 4.42. The summed E-state index contributed by atoms with van der Waals surface area (Å²) < 4.78 is 0. The van der Waals surface area contributed by atoms with E-state index in [2.05, 4.69) is 10.6 Å². The van der Waals surface area contributed by atoms with Gasteiger partial charge < -0.3 is 15.7 Å². The Hall–Kier alpha value is -0.610. The predicted molar refractivity (Wildman–Crippen MR) is 46.1 cm³/mol. The van der Waals surface area contributed by atoms with E-state index in [9.17, 15) is 4.79 Å². The molecule has 0 aromatic carbocycles. The Morgan fingerprint density at radius 1 is 1.67 bits per heavy atom. The van der Waals surface area contributed by atoms with Crippen molar-refractivity contribution in [1.29, 1.82) is 0 Å². The molecule has 2 unspecified atom stereocenters. The van der Waals surface area contributed by atoms with Crippen LogP contribution in [0.5, 0.6) is 0 Å². The first-order valence-corrected chi connectivity index (χ1v) is 4.42. The number of piperazine rings is 1. The summed E-state index contributed by atoms with van der Waals surface area (Å²) in [7, 11) is 0. The van der Waals surface area contributed by atoms with Crippen molar-refractivity contribution in [3.05, 3.63) is 0 Å². The molecule has 1 aliphatic heterocycles. The largest absolute Gasteiger partial charge is 0.481 e. The van der Waals surface area contributed by atoms with E-state index in [4.69, 9.17) is 5.11 Å². The molecule has 0 aromatic rings. The van der Waals surface area contributed by atoms with E-state index in [1.807, 2.05) is 6.92 Å². The molecule has 4 nitrogen and oxygen atoms in total. The zero-order valence-electron chi connectivity index (χ0n) is 7.34. The Labute approximate surface area is 72.3 Å². The van der Waals surface area contributed by atoms with Crippen molar-refractivity contribution in [2.75, 3.05) is 19.6 Å². The van der Waals surface area contributed by atoms with Gasteiger partial charge in [-0.1, -0.05) is 6.92 Å². The van der Waals surface area contributed by atoms with Crippen LogP contribution in [-0.2, 0) is 4.79 Å². The molecule has 1 aliphatic rings. The van der Waals surface area contributed by atoms with Crippen LogP contribution >= 0.6 is 0 Å². The molecule has 1 saturated heterocycles. The van der Waals surface area contributed by atoms with Gasteiger partial charge in [-0.2, -0.15) is 0 Å². The van der Waals surface area contributed by atoms with Crippen molar-refractivity contribution in [2.45, 2.75) is 19.4 Å². The van der Waals surface area contributed by atoms with E-state index in [0.717, 1.165) is 19.6 Å². The number of hydrogen-bond acceptors (Lipinski definition) is 3. The maximum absolute atomic E-state index is 10.8. The van der Waals surface area contributed by atoms with Crippen LogP contribution in [0.3, 0.4) is 0 Å². The third-order valence-corrected chi connectivity index (χ3v) is 2.32. The maximum atomic E-state index is 10.8. The molecule has 1 rings (SSSR count). The van der Waals surface area contributed by atoms with Crippen molar-refractivity contribution in [3.8, 4) is 0 Å². The van der Waals surface area contributed by atoms with Crippen LogP contribution in [0.2, 0.25) is 0 Å². The van der Waals surface area contributed by atoms with Gasteiger partial charge in [-0.05, 0) is 6.42 Å². The van der Waals surface area contributed by atoms with Crippen LogP contribution in [0.4, 0.5) is 0 Å². The molecule has 0 aromatic heterocycles. The van der Waals surface area contributed by atoms with Crippen LogP contribution in [0.15, 0.2) is 0 Å². The van der Waals surface area contributed by atoms with Gasteiger partial charge in [0.2, 0.25) is 0 Å². The van der Waals surface area contributed by atoms with E-state index in [1.54, 1.807) is 0 Å². The summed E-state index contributed by atoms with van der Waals surface area (Å²) in [6, 6.07) is 0.0984. The van der Waals surface area contributed by atoms with Gasteiger partial charge in [0.25, 0.3) is 0 Å². The van der Waals surface area contributed by atoms with Crippen LogP contribution in [0.25, 0.3) is 0 Å². The van der Waals surface area contributed by atoms with Crippen LogP contribution < -0.4 is 10.6 Å². The van der Waals surface area contributed by atoms with Crippen molar-refractivity contribution in [1.82, 2.24) is 10.6 Å². The van der Waals surface area contributed by atoms with Crippen LogP contribution in [0.1, 0.15) is 13.3 Å². The van der Waals surface area contributed by atoms with Gasteiger partial charge in [-0.25, -0.2) is 0 Å². The molecule has 1 heterocycles. The molecule has 3 N–H and O–H groups in total. The van der Waals surface area contributed by atoms with Crippen LogP contribution in [-0.4, -0.2) is 36.8 Å². The van der Waals surface area contributed by atoms with E-state index in [0.29, 0.717) is 6.42 Å². The minimum atomic E-state index is -0.696. The van der Waals surface area contributed by atoms with Crippen LogP contribution in [0, 0.1) is 5.92 Å². The first-order chi connectivity index (χ1) is 5.75. The fourth-order valence-electron chi connectivity index (χ4n) is 1.59. The van der Waals surface area contributed by atoms with Crippen molar-refractivity contribution in [3.63, 3.8) is 0 Å². The molecule has 0 spiro atoms. The normalized spacial score (nSPS) is 26.6. The summed E-state index contributed by atoms with van der Waals surface area (Å²) in [6.07, 6.45) is 0.689. The molecule has 70 valence electrons. The average molecular weight is 172 g/mol. The molecule has 0 bridgehead atoms. The highest BCUT2D eigenvalue weighted by atomic mass is 16.4. The lowest BCUT2D eigenvalue weighted by molar-refractivity contribution is -0.143. The van der Waals surface area contributed by atoms with E-state index in [-0.39, 0.29) is 12.0 Å². The highest BCUT2D eigenvalue weighted by Crippen LogP contribution is 2.09. The van der Waals surface area contributed by atoms with E-state index < -0.39 is 5.97 Å².